The number of aromatic nitrogens is 2. The van der Waals surface area contributed by atoms with E-state index < -0.39 is 0 Å². The summed E-state index contributed by atoms with van der Waals surface area (Å²) in [4.78, 5) is 4.26. The zero-order valence-electron chi connectivity index (χ0n) is 10.9. The summed E-state index contributed by atoms with van der Waals surface area (Å²) in [5.74, 6) is 0. The Kier molecular flexibility index (Phi) is 3.06. The lowest BCUT2D eigenvalue weighted by Gasteiger charge is -2.15. The molecule has 1 aliphatic rings. The third kappa shape index (κ3) is 2.02. The van der Waals surface area contributed by atoms with Gasteiger partial charge in [0, 0.05) is 6.04 Å². The monoisotopic (exact) mass is 252 g/mol. The molecule has 1 N–H and O–H groups in total. The van der Waals surface area contributed by atoms with Crippen molar-refractivity contribution in [2.75, 3.05) is 6.54 Å². The Morgan fingerprint density at radius 2 is 2.37 bits per heavy atom. The zero-order chi connectivity index (χ0) is 13.2. The highest BCUT2D eigenvalue weighted by Gasteiger charge is 2.21. The number of nitrogens with one attached hydrogen (secondary N) is 1. The fraction of sp³-hybridized carbons (Fsp3) is 0.333. The van der Waals surface area contributed by atoms with E-state index in [9.17, 15) is 5.26 Å². The Bertz CT molecular complexity index is 630. The van der Waals surface area contributed by atoms with Crippen molar-refractivity contribution in [2.45, 2.75) is 25.8 Å². The highest BCUT2D eigenvalue weighted by Crippen LogP contribution is 2.27. The highest BCUT2D eigenvalue weighted by molar-refractivity contribution is 5.53. The molecule has 2 aromatic rings. The maximum atomic E-state index is 9.35. The molecule has 0 bridgehead atoms. The topological polar surface area (TPSA) is 53.6 Å². The Morgan fingerprint density at radius 3 is 3.11 bits per heavy atom. The summed E-state index contributed by atoms with van der Waals surface area (Å²) in [6, 6.07) is 8.57. The van der Waals surface area contributed by atoms with Crippen LogP contribution in [0.4, 0.5) is 0 Å². The van der Waals surface area contributed by atoms with E-state index in [0.29, 0.717) is 6.04 Å². The molecular formula is C15H16N4. The molecule has 1 saturated heterocycles. The summed E-state index contributed by atoms with van der Waals surface area (Å²) < 4.78 is 2.04. The van der Waals surface area contributed by atoms with Crippen LogP contribution in [-0.4, -0.2) is 16.1 Å². The molecule has 1 atom stereocenters. The van der Waals surface area contributed by atoms with E-state index in [-0.39, 0.29) is 0 Å². The number of nitriles is 1. The van der Waals surface area contributed by atoms with Crippen LogP contribution in [-0.2, 0) is 0 Å². The molecule has 0 aliphatic carbocycles. The molecule has 4 heteroatoms. The minimum Gasteiger partial charge on any atom is -0.309 e. The van der Waals surface area contributed by atoms with Crippen molar-refractivity contribution < 1.29 is 0 Å². The Hall–Kier alpha value is -2.12. The molecule has 3 rings (SSSR count). The van der Waals surface area contributed by atoms with Crippen LogP contribution in [0.15, 0.2) is 30.7 Å². The Morgan fingerprint density at radius 1 is 1.47 bits per heavy atom. The van der Waals surface area contributed by atoms with E-state index in [1.54, 1.807) is 6.33 Å². The van der Waals surface area contributed by atoms with Gasteiger partial charge in [-0.15, -0.1) is 0 Å². The third-order valence-corrected chi connectivity index (χ3v) is 3.71. The fourth-order valence-corrected chi connectivity index (χ4v) is 2.70. The minimum absolute atomic E-state index is 0.342. The third-order valence-electron chi connectivity index (χ3n) is 3.71. The van der Waals surface area contributed by atoms with Gasteiger partial charge in [-0.25, -0.2) is 4.98 Å². The SMILES string of the molecule is Cc1cccc(-n2cncc2C2CCCN2)c1C#N. The van der Waals surface area contributed by atoms with E-state index in [0.717, 1.165) is 35.5 Å². The summed E-state index contributed by atoms with van der Waals surface area (Å²) >= 11 is 0. The Labute approximate surface area is 112 Å². The van der Waals surface area contributed by atoms with Gasteiger partial charge in [-0.3, -0.25) is 0 Å². The van der Waals surface area contributed by atoms with Crippen LogP contribution in [0, 0.1) is 18.3 Å². The van der Waals surface area contributed by atoms with Gasteiger partial charge in [0.25, 0.3) is 0 Å². The first-order valence-electron chi connectivity index (χ1n) is 6.57. The standard InChI is InChI=1S/C15H16N4/c1-11-4-2-6-14(12(11)8-16)19-10-17-9-15(19)13-5-3-7-18-13/h2,4,6,9-10,13,18H,3,5,7H2,1H3. The quantitative estimate of drug-likeness (QED) is 0.893. The van der Waals surface area contributed by atoms with E-state index >= 15 is 0 Å². The first-order valence-corrected chi connectivity index (χ1v) is 6.57. The molecule has 0 spiro atoms. The van der Waals surface area contributed by atoms with Gasteiger partial charge in [0.1, 0.15) is 6.07 Å². The number of aryl methyl sites for hydroxylation is 1. The number of hydrogen-bond acceptors (Lipinski definition) is 3. The van der Waals surface area contributed by atoms with Crippen LogP contribution in [0.1, 0.15) is 35.7 Å². The molecule has 1 aromatic carbocycles. The molecule has 4 nitrogen and oxygen atoms in total. The van der Waals surface area contributed by atoms with E-state index in [4.69, 9.17) is 0 Å². The smallest absolute Gasteiger partial charge is 0.102 e. The van der Waals surface area contributed by atoms with E-state index in [1.807, 2.05) is 35.9 Å². The summed E-state index contributed by atoms with van der Waals surface area (Å²) in [5, 5.41) is 12.8. The molecule has 1 aromatic heterocycles. The predicted octanol–water partition coefficient (Wildman–Crippen LogP) is 2.48. The second kappa shape index (κ2) is 4.87. The second-order valence-corrected chi connectivity index (χ2v) is 4.92. The summed E-state index contributed by atoms with van der Waals surface area (Å²) in [6.07, 6.45) is 6.01. The molecule has 2 heterocycles. The van der Waals surface area contributed by atoms with Crippen molar-refractivity contribution >= 4 is 0 Å². The predicted molar refractivity (Wildman–Crippen MR) is 73.0 cm³/mol. The number of benzene rings is 1. The van der Waals surface area contributed by atoms with Gasteiger partial charge >= 0.3 is 0 Å². The normalized spacial score (nSPS) is 18.4. The van der Waals surface area contributed by atoms with Crippen LogP contribution in [0.5, 0.6) is 0 Å². The minimum atomic E-state index is 0.342. The van der Waals surface area contributed by atoms with Crippen molar-refractivity contribution in [1.82, 2.24) is 14.9 Å². The number of imidazole rings is 1. The van der Waals surface area contributed by atoms with Gasteiger partial charge in [0.05, 0.1) is 29.5 Å². The Balaban J connectivity index is 2.11. The molecular weight excluding hydrogens is 236 g/mol. The lowest BCUT2D eigenvalue weighted by atomic mass is 10.1. The lowest BCUT2D eigenvalue weighted by molar-refractivity contribution is 0.615. The van der Waals surface area contributed by atoms with Gasteiger partial charge < -0.3 is 9.88 Å². The average Bonchev–Trinajstić information content (AvgIpc) is 3.09. The molecule has 96 valence electrons. The summed E-state index contributed by atoms with van der Waals surface area (Å²) in [6.45, 7) is 3.02. The van der Waals surface area contributed by atoms with Gasteiger partial charge in [-0.2, -0.15) is 5.26 Å². The van der Waals surface area contributed by atoms with Gasteiger partial charge in [0.15, 0.2) is 0 Å². The largest absolute Gasteiger partial charge is 0.309 e. The summed E-state index contributed by atoms with van der Waals surface area (Å²) in [5.41, 5.74) is 3.78. The lowest BCUT2D eigenvalue weighted by Crippen LogP contribution is -2.16. The maximum Gasteiger partial charge on any atom is 0.102 e. The second-order valence-electron chi connectivity index (χ2n) is 4.92. The molecule has 0 radical (unpaired) electrons. The average molecular weight is 252 g/mol. The number of nitrogens with zero attached hydrogens (tertiary/aromatic N) is 3. The first kappa shape index (κ1) is 11.9. The van der Waals surface area contributed by atoms with Crippen molar-refractivity contribution in [3.8, 4) is 11.8 Å². The van der Waals surface area contributed by atoms with E-state index in [1.165, 1.54) is 6.42 Å². The molecule has 0 saturated carbocycles. The molecule has 19 heavy (non-hydrogen) atoms. The van der Waals surface area contributed by atoms with Crippen molar-refractivity contribution in [1.29, 1.82) is 5.26 Å². The molecule has 1 aliphatic heterocycles. The maximum absolute atomic E-state index is 9.35. The summed E-state index contributed by atoms with van der Waals surface area (Å²) in [7, 11) is 0. The van der Waals surface area contributed by atoms with Gasteiger partial charge in [-0.05, 0) is 37.9 Å². The molecule has 0 amide bonds. The van der Waals surface area contributed by atoms with Crippen molar-refractivity contribution in [3.05, 3.63) is 47.5 Å². The highest BCUT2D eigenvalue weighted by atomic mass is 15.1. The zero-order valence-corrected chi connectivity index (χ0v) is 10.9. The fourth-order valence-electron chi connectivity index (χ4n) is 2.70. The van der Waals surface area contributed by atoms with Crippen molar-refractivity contribution in [2.24, 2.45) is 0 Å². The van der Waals surface area contributed by atoms with Crippen molar-refractivity contribution in [3.63, 3.8) is 0 Å². The number of rotatable bonds is 2. The van der Waals surface area contributed by atoms with E-state index in [2.05, 4.69) is 16.4 Å². The van der Waals surface area contributed by atoms with Gasteiger partial charge in [0.2, 0.25) is 0 Å². The molecule has 1 unspecified atom stereocenters. The van der Waals surface area contributed by atoms with Crippen LogP contribution in [0.25, 0.3) is 5.69 Å². The molecule has 1 fully saturated rings. The van der Waals surface area contributed by atoms with Crippen LogP contribution in [0.2, 0.25) is 0 Å². The number of hydrogen-bond donors (Lipinski definition) is 1. The van der Waals surface area contributed by atoms with Gasteiger partial charge in [-0.1, -0.05) is 12.1 Å². The first-order chi connectivity index (χ1) is 9.31. The van der Waals surface area contributed by atoms with Crippen LogP contribution < -0.4 is 5.32 Å². The van der Waals surface area contributed by atoms with Crippen LogP contribution >= 0.6 is 0 Å². The van der Waals surface area contributed by atoms with Crippen LogP contribution in [0.3, 0.4) is 0 Å².